The Morgan fingerprint density at radius 3 is 2.40 bits per heavy atom. The Morgan fingerprint density at radius 2 is 1.76 bits per heavy atom. The highest BCUT2D eigenvalue weighted by Gasteiger charge is 2.13. The fraction of sp³-hybridized carbons (Fsp3) is 0.316. The average molecular weight is 341 g/mol. The van der Waals surface area contributed by atoms with Crippen LogP contribution in [0, 0.1) is 20.8 Å². The van der Waals surface area contributed by atoms with E-state index in [1.165, 1.54) is 0 Å². The second-order valence-electron chi connectivity index (χ2n) is 5.94. The number of nitrogens with zero attached hydrogens (tertiary/aromatic N) is 1. The van der Waals surface area contributed by atoms with Gasteiger partial charge in [0.2, 0.25) is 17.7 Å². The zero-order valence-corrected chi connectivity index (χ0v) is 15.0. The molecule has 6 nitrogen and oxygen atoms in total. The van der Waals surface area contributed by atoms with Crippen LogP contribution in [0.1, 0.15) is 28.8 Å². The van der Waals surface area contributed by atoms with Gasteiger partial charge in [0, 0.05) is 23.5 Å². The summed E-state index contributed by atoms with van der Waals surface area (Å²) in [5.41, 5.74) is 4.41. The molecule has 0 aliphatic heterocycles. The van der Waals surface area contributed by atoms with E-state index in [0.717, 1.165) is 22.4 Å². The molecule has 25 heavy (non-hydrogen) atoms. The van der Waals surface area contributed by atoms with Gasteiger partial charge in [-0.25, -0.2) is 4.98 Å². The highest BCUT2D eigenvalue weighted by molar-refractivity contribution is 6.03. The summed E-state index contributed by atoms with van der Waals surface area (Å²) < 4.78 is 5.27. The lowest BCUT2D eigenvalue weighted by Gasteiger charge is -2.13. The predicted molar refractivity (Wildman–Crippen MR) is 96.5 cm³/mol. The van der Waals surface area contributed by atoms with Crippen molar-refractivity contribution in [3.8, 4) is 5.88 Å². The number of hydrogen-bond donors (Lipinski definition) is 2. The Bertz CT molecular complexity index is 770. The molecule has 1 heterocycles. The van der Waals surface area contributed by atoms with Gasteiger partial charge < -0.3 is 15.4 Å². The van der Waals surface area contributed by atoms with E-state index in [1.807, 2.05) is 39.0 Å². The summed E-state index contributed by atoms with van der Waals surface area (Å²) in [7, 11) is 1.54. The molecule has 0 spiro atoms. The minimum atomic E-state index is -0.355. The molecular formula is C19H23N3O3. The number of ether oxygens (including phenoxy) is 1. The fourth-order valence-electron chi connectivity index (χ4n) is 2.45. The maximum absolute atomic E-state index is 12.0. The van der Waals surface area contributed by atoms with Crippen molar-refractivity contribution in [3.05, 3.63) is 52.7 Å². The predicted octanol–water partition coefficient (Wildman–Crippen LogP) is 2.66. The molecule has 0 fully saturated rings. The van der Waals surface area contributed by atoms with E-state index in [2.05, 4.69) is 15.6 Å². The van der Waals surface area contributed by atoms with Gasteiger partial charge >= 0.3 is 0 Å². The third kappa shape index (κ3) is 5.31. The quantitative estimate of drug-likeness (QED) is 0.792. The van der Waals surface area contributed by atoms with Crippen LogP contribution < -0.4 is 15.4 Å². The van der Waals surface area contributed by atoms with E-state index < -0.39 is 0 Å². The highest BCUT2D eigenvalue weighted by Crippen LogP contribution is 2.20. The van der Waals surface area contributed by atoms with Crippen LogP contribution in [0.2, 0.25) is 0 Å². The Balaban J connectivity index is 1.90. The molecule has 2 rings (SSSR count). The van der Waals surface area contributed by atoms with Crippen molar-refractivity contribution in [2.75, 3.05) is 12.4 Å². The Hall–Kier alpha value is -2.89. The van der Waals surface area contributed by atoms with Crippen LogP contribution >= 0.6 is 0 Å². The van der Waals surface area contributed by atoms with Gasteiger partial charge in [-0.2, -0.15) is 0 Å². The summed E-state index contributed by atoms with van der Waals surface area (Å²) in [5.74, 6) is -0.222. The third-order valence-electron chi connectivity index (χ3n) is 3.75. The molecule has 0 aliphatic rings. The van der Waals surface area contributed by atoms with Crippen molar-refractivity contribution in [3.63, 3.8) is 0 Å². The number of nitrogens with one attached hydrogen (secondary N) is 2. The number of pyridine rings is 1. The summed E-state index contributed by atoms with van der Waals surface area (Å²) in [5, 5.41) is 5.44. The summed E-state index contributed by atoms with van der Waals surface area (Å²) in [6.07, 6.45) is -0.242. The molecule has 6 heteroatoms. The van der Waals surface area contributed by atoms with Crippen molar-refractivity contribution in [1.29, 1.82) is 0 Å². The number of amides is 2. The SMILES string of the molecule is COc1nc(C)cc(C)c1CNC(=O)CC(=O)Nc1ccc(C)cc1. The van der Waals surface area contributed by atoms with E-state index >= 15 is 0 Å². The Labute approximate surface area is 147 Å². The third-order valence-corrected chi connectivity index (χ3v) is 3.75. The van der Waals surface area contributed by atoms with Crippen LogP contribution in [-0.4, -0.2) is 23.9 Å². The number of rotatable bonds is 6. The first-order valence-corrected chi connectivity index (χ1v) is 8.03. The molecule has 1 aromatic heterocycles. The molecule has 132 valence electrons. The maximum Gasteiger partial charge on any atom is 0.233 e. The number of benzene rings is 1. The summed E-state index contributed by atoms with van der Waals surface area (Å²) in [6, 6.07) is 9.33. The molecule has 0 aliphatic carbocycles. The number of aromatic nitrogens is 1. The van der Waals surface area contributed by atoms with Gasteiger partial charge in [0.05, 0.1) is 7.11 Å². The van der Waals surface area contributed by atoms with Crippen molar-refractivity contribution in [2.24, 2.45) is 0 Å². The fourth-order valence-corrected chi connectivity index (χ4v) is 2.45. The Kier molecular flexibility index (Phi) is 6.11. The summed E-state index contributed by atoms with van der Waals surface area (Å²) >= 11 is 0. The number of carbonyl (C=O) groups is 2. The monoisotopic (exact) mass is 341 g/mol. The van der Waals surface area contributed by atoms with Crippen LogP contribution in [0.4, 0.5) is 5.69 Å². The van der Waals surface area contributed by atoms with Crippen molar-refractivity contribution in [2.45, 2.75) is 33.7 Å². The first-order valence-electron chi connectivity index (χ1n) is 8.03. The van der Waals surface area contributed by atoms with Gasteiger partial charge in [0.1, 0.15) is 6.42 Å². The molecule has 0 atom stereocenters. The maximum atomic E-state index is 12.0. The van der Waals surface area contributed by atoms with Crippen LogP contribution in [0.5, 0.6) is 5.88 Å². The number of aryl methyl sites for hydroxylation is 3. The largest absolute Gasteiger partial charge is 0.481 e. The van der Waals surface area contributed by atoms with Gasteiger partial charge in [-0.05, 0) is 44.5 Å². The second-order valence-corrected chi connectivity index (χ2v) is 5.94. The van der Waals surface area contributed by atoms with Crippen LogP contribution in [0.25, 0.3) is 0 Å². The van der Waals surface area contributed by atoms with Gasteiger partial charge in [0.25, 0.3) is 0 Å². The van der Waals surface area contributed by atoms with E-state index in [9.17, 15) is 9.59 Å². The van der Waals surface area contributed by atoms with Gasteiger partial charge in [0.15, 0.2) is 0 Å². The molecule has 0 saturated heterocycles. The smallest absolute Gasteiger partial charge is 0.233 e. The number of methoxy groups -OCH3 is 1. The number of anilines is 1. The van der Waals surface area contributed by atoms with Crippen LogP contribution in [0.3, 0.4) is 0 Å². The zero-order valence-electron chi connectivity index (χ0n) is 15.0. The lowest BCUT2D eigenvalue weighted by molar-refractivity contribution is -0.126. The van der Waals surface area contributed by atoms with Crippen molar-refractivity contribution >= 4 is 17.5 Å². The van der Waals surface area contributed by atoms with E-state index in [1.54, 1.807) is 19.2 Å². The minimum absolute atomic E-state index is 0.242. The first-order chi connectivity index (χ1) is 11.9. The van der Waals surface area contributed by atoms with E-state index in [4.69, 9.17) is 4.74 Å². The van der Waals surface area contributed by atoms with Crippen molar-refractivity contribution in [1.82, 2.24) is 10.3 Å². The average Bonchev–Trinajstić information content (AvgIpc) is 2.55. The Morgan fingerprint density at radius 1 is 1.08 bits per heavy atom. The summed E-state index contributed by atoms with van der Waals surface area (Å²) in [4.78, 5) is 28.3. The first kappa shape index (κ1) is 18.4. The van der Waals surface area contributed by atoms with Gasteiger partial charge in [-0.1, -0.05) is 17.7 Å². The molecule has 0 bridgehead atoms. The van der Waals surface area contributed by atoms with Gasteiger partial charge in [-0.15, -0.1) is 0 Å². The van der Waals surface area contributed by atoms with E-state index in [0.29, 0.717) is 11.6 Å². The highest BCUT2D eigenvalue weighted by atomic mass is 16.5. The van der Waals surface area contributed by atoms with E-state index in [-0.39, 0.29) is 24.8 Å². The topological polar surface area (TPSA) is 80.3 Å². The molecule has 2 N–H and O–H groups in total. The molecule has 0 unspecified atom stereocenters. The lowest BCUT2D eigenvalue weighted by atomic mass is 10.1. The molecular weight excluding hydrogens is 318 g/mol. The normalized spacial score (nSPS) is 10.2. The molecule has 1 aromatic carbocycles. The molecule has 2 amide bonds. The minimum Gasteiger partial charge on any atom is -0.481 e. The number of carbonyl (C=O) groups excluding carboxylic acids is 2. The molecule has 0 saturated carbocycles. The summed E-state index contributed by atoms with van der Waals surface area (Å²) in [6.45, 7) is 6.05. The molecule has 0 radical (unpaired) electrons. The zero-order chi connectivity index (χ0) is 18.4. The van der Waals surface area contributed by atoms with Crippen molar-refractivity contribution < 1.29 is 14.3 Å². The standard InChI is InChI=1S/C19H23N3O3/c1-12-5-7-15(8-6-12)22-18(24)10-17(23)20-11-16-13(2)9-14(3)21-19(16)25-4/h5-9H,10-11H2,1-4H3,(H,20,23)(H,22,24). The van der Waals surface area contributed by atoms with Crippen LogP contribution in [0.15, 0.2) is 30.3 Å². The molecule has 2 aromatic rings. The second kappa shape index (κ2) is 8.28. The number of hydrogen-bond acceptors (Lipinski definition) is 4. The lowest BCUT2D eigenvalue weighted by Crippen LogP contribution is -2.28. The van der Waals surface area contributed by atoms with Crippen LogP contribution in [-0.2, 0) is 16.1 Å². The van der Waals surface area contributed by atoms with Gasteiger partial charge in [-0.3, -0.25) is 9.59 Å².